The molecule has 2 heterocycles. The molecular formula is C10H14Cl2N2OS. The predicted molar refractivity (Wildman–Crippen MR) is 69.9 cm³/mol. The maximum absolute atomic E-state index is 12.1. The molecule has 1 aromatic heterocycles. The van der Waals surface area contributed by atoms with Gasteiger partial charge in [0.2, 0.25) is 0 Å². The summed E-state index contributed by atoms with van der Waals surface area (Å²) >= 11 is 7.36. The van der Waals surface area contributed by atoms with Gasteiger partial charge in [-0.3, -0.25) is 4.79 Å². The highest BCUT2D eigenvalue weighted by Gasteiger charge is 2.25. The maximum atomic E-state index is 12.1. The van der Waals surface area contributed by atoms with E-state index in [1.54, 1.807) is 6.07 Å². The Balaban J connectivity index is 0.00000128. The summed E-state index contributed by atoms with van der Waals surface area (Å²) in [7, 11) is 0. The van der Waals surface area contributed by atoms with E-state index in [0.29, 0.717) is 9.90 Å². The number of amides is 1. The van der Waals surface area contributed by atoms with Crippen LogP contribution in [0.2, 0.25) is 5.02 Å². The Labute approximate surface area is 110 Å². The molecule has 0 saturated carbocycles. The number of piperazine rings is 1. The molecule has 1 aliphatic heterocycles. The van der Waals surface area contributed by atoms with Crippen molar-refractivity contribution in [2.24, 2.45) is 0 Å². The standard InChI is InChI=1S/C10H13ClN2OS.ClH/c1-7-6-12-3-4-13(7)10(14)9-8(11)2-5-15-9;/h2,5,7,12H,3-4,6H2,1H3;1H/t7-;/m1./s1. The van der Waals surface area contributed by atoms with E-state index in [0.717, 1.165) is 19.6 Å². The fraction of sp³-hybridized carbons (Fsp3) is 0.500. The van der Waals surface area contributed by atoms with Crippen LogP contribution < -0.4 is 5.32 Å². The molecule has 1 atom stereocenters. The average Bonchev–Trinajstić information content (AvgIpc) is 2.64. The summed E-state index contributed by atoms with van der Waals surface area (Å²) in [6.45, 7) is 4.52. The van der Waals surface area contributed by atoms with Gasteiger partial charge in [0, 0.05) is 25.7 Å². The van der Waals surface area contributed by atoms with Crippen LogP contribution in [-0.4, -0.2) is 36.5 Å². The zero-order valence-corrected chi connectivity index (χ0v) is 11.3. The SMILES string of the molecule is C[C@@H]1CNCCN1C(=O)c1sccc1Cl.Cl. The molecule has 6 heteroatoms. The zero-order valence-electron chi connectivity index (χ0n) is 8.90. The molecule has 90 valence electrons. The first kappa shape index (κ1) is 13.8. The van der Waals surface area contributed by atoms with E-state index in [1.807, 2.05) is 17.2 Å². The molecule has 1 aromatic rings. The molecule has 0 unspecified atom stereocenters. The normalized spacial score (nSPS) is 20.4. The van der Waals surface area contributed by atoms with Crippen LogP contribution in [0.3, 0.4) is 0 Å². The van der Waals surface area contributed by atoms with Crippen molar-refractivity contribution in [2.45, 2.75) is 13.0 Å². The van der Waals surface area contributed by atoms with Crippen LogP contribution in [0.15, 0.2) is 11.4 Å². The number of hydrogen-bond donors (Lipinski definition) is 1. The average molecular weight is 281 g/mol. The Hall–Kier alpha value is -0.290. The van der Waals surface area contributed by atoms with Crippen LogP contribution in [0, 0.1) is 0 Å². The summed E-state index contributed by atoms with van der Waals surface area (Å²) in [6.07, 6.45) is 0. The van der Waals surface area contributed by atoms with Gasteiger partial charge in [-0.25, -0.2) is 0 Å². The van der Waals surface area contributed by atoms with Gasteiger partial charge >= 0.3 is 0 Å². The van der Waals surface area contributed by atoms with Crippen molar-refractivity contribution in [2.75, 3.05) is 19.6 Å². The van der Waals surface area contributed by atoms with Crippen LogP contribution >= 0.6 is 35.3 Å². The van der Waals surface area contributed by atoms with Crippen molar-refractivity contribution in [3.05, 3.63) is 21.3 Å². The molecular weight excluding hydrogens is 267 g/mol. The summed E-state index contributed by atoms with van der Waals surface area (Å²) < 4.78 is 0. The van der Waals surface area contributed by atoms with Crippen molar-refractivity contribution >= 4 is 41.3 Å². The molecule has 0 radical (unpaired) electrons. The Kier molecular flexibility index (Phi) is 5.05. The smallest absolute Gasteiger partial charge is 0.265 e. The highest BCUT2D eigenvalue weighted by Crippen LogP contribution is 2.24. The van der Waals surface area contributed by atoms with E-state index in [1.165, 1.54) is 11.3 Å². The van der Waals surface area contributed by atoms with Gasteiger partial charge in [-0.05, 0) is 18.4 Å². The minimum absolute atomic E-state index is 0. The van der Waals surface area contributed by atoms with Gasteiger partial charge in [0.1, 0.15) is 4.88 Å². The van der Waals surface area contributed by atoms with E-state index in [-0.39, 0.29) is 24.4 Å². The number of hydrogen-bond acceptors (Lipinski definition) is 3. The van der Waals surface area contributed by atoms with Gasteiger partial charge in [-0.1, -0.05) is 11.6 Å². The topological polar surface area (TPSA) is 32.3 Å². The molecule has 1 aliphatic rings. The van der Waals surface area contributed by atoms with Crippen LogP contribution in [0.5, 0.6) is 0 Å². The number of thiophene rings is 1. The van der Waals surface area contributed by atoms with Crippen molar-refractivity contribution in [1.29, 1.82) is 0 Å². The van der Waals surface area contributed by atoms with E-state index in [2.05, 4.69) is 5.32 Å². The van der Waals surface area contributed by atoms with E-state index in [9.17, 15) is 4.79 Å². The number of halogens is 2. The van der Waals surface area contributed by atoms with Gasteiger partial charge in [-0.15, -0.1) is 23.7 Å². The zero-order chi connectivity index (χ0) is 10.8. The highest BCUT2D eigenvalue weighted by molar-refractivity contribution is 7.12. The minimum Gasteiger partial charge on any atom is -0.333 e. The van der Waals surface area contributed by atoms with Gasteiger partial charge in [0.25, 0.3) is 5.91 Å². The Morgan fingerprint density at radius 3 is 3.00 bits per heavy atom. The van der Waals surface area contributed by atoms with Crippen LogP contribution in [-0.2, 0) is 0 Å². The molecule has 2 rings (SSSR count). The quantitative estimate of drug-likeness (QED) is 0.856. The Bertz CT molecular complexity index is 369. The number of nitrogens with zero attached hydrogens (tertiary/aromatic N) is 1. The third-order valence-electron chi connectivity index (χ3n) is 2.57. The first-order valence-corrected chi connectivity index (χ1v) is 6.20. The van der Waals surface area contributed by atoms with Crippen molar-refractivity contribution in [3.8, 4) is 0 Å². The molecule has 0 spiro atoms. The molecule has 16 heavy (non-hydrogen) atoms. The fourth-order valence-electron chi connectivity index (χ4n) is 1.72. The highest BCUT2D eigenvalue weighted by atomic mass is 35.5. The lowest BCUT2D eigenvalue weighted by atomic mass is 10.2. The molecule has 0 bridgehead atoms. The summed E-state index contributed by atoms with van der Waals surface area (Å²) in [5, 5.41) is 5.67. The van der Waals surface area contributed by atoms with Crippen molar-refractivity contribution in [3.63, 3.8) is 0 Å². The lowest BCUT2D eigenvalue weighted by Gasteiger charge is -2.33. The summed E-state index contributed by atoms with van der Waals surface area (Å²) in [5.41, 5.74) is 0. The summed E-state index contributed by atoms with van der Waals surface area (Å²) in [5.74, 6) is 0.0593. The van der Waals surface area contributed by atoms with Crippen molar-refractivity contribution in [1.82, 2.24) is 10.2 Å². The van der Waals surface area contributed by atoms with Crippen LogP contribution in [0.1, 0.15) is 16.6 Å². The second kappa shape index (κ2) is 5.87. The van der Waals surface area contributed by atoms with Crippen molar-refractivity contribution < 1.29 is 4.79 Å². The van der Waals surface area contributed by atoms with Gasteiger partial charge in [0.05, 0.1) is 5.02 Å². The first-order chi connectivity index (χ1) is 7.20. The second-order valence-electron chi connectivity index (χ2n) is 3.65. The first-order valence-electron chi connectivity index (χ1n) is 4.95. The molecule has 1 fully saturated rings. The molecule has 1 amide bonds. The van der Waals surface area contributed by atoms with Crippen LogP contribution in [0.25, 0.3) is 0 Å². The number of nitrogens with one attached hydrogen (secondary N) is 1. The molecule has 0 aromatic carbocycles. The second-order valence-corrected chi connectivity index (χ2v) is 4.97. The number of carbonyl (C=O) groups excluding carboxylic acids is 1. The van der Waals surface area contributed by atoms with E-state index in [4.69, 9.17) is 11.6 Å². The summed E-state index contributed by atoms with van der Waals surface area (Å²) in [4.78, 5) is 14.7. The molecule has 1 N–H and O–H groups in total. The largest absolute Gasteiger partial charge is 0.333 e. The van der Waals surface area contributed by atoms with E-state index >= 15 is 0 Å². The Morgan fingerprint density at radius 2 is 2.44 bits per heavy atom. The molecule has 1 saturated heterocycles. The predicted octanol–water partition coefficient (Wildman–Crippen LogP) is 2.26. The lowest BCUT2D eigenvalue weighted by Crippen LogP contribution is -2.52. The summed E-state index contributed by atoms with van der Waals surface area (Å²) in [6, 6.07) is 2.01. The number of carbonyl (C=O) groups is 1. The number of rotatable bonds is 1. The van der Waals surface area contributed by atoms with E-state index < -0.39 is 0 Å². The van der Waals surface area contributed by atoms with Gasteiger partial charge in [0.15, 0.2) is 0 Å². The fourth-order valence-corrected chi connectivity index (χ4v) is 2.81. The third-order valence-corrected chi connectivity index (χ3v) is 3.90. The maximum Gasteiger partial charge on any atom is 0.265 e. The lowest BCUT2D eigenvalue weighted by molar-refractivity contribution is 0.0661. The minimum atomic E-state index is 0. The van der Waals surface area contributed by atoms with Crippen LogP contribution in [0.4, 0.5) is 0 Å². The monoisotopic (exact) mass is 280 g/mol. The third kappa shape index (κ3) is 2.69. The molecule has 0 aliphatic carbocycles. The van der Waals surface area contributed by atoms with Gasteiger partial charge < -0.3 is 10.2 Å². The van der Waals surface area contributed by atoms with Gasteiger partial charge in [-0.2, -0.15) is 0 Å². The molecule has 3 nitrogen and oxygen atoms in total. The Morgan fingerprint density at radius 1 is 1.69 bits per heavy atom.